The van der Waals surface area contributed by atoms with Crippen molar-refractivity contribution in [2.45, 2.75) is 30.8 Å². The maximum atomic E-state index is 14.3. The van der Waals surface area contributed by atoms with Gasteiger partial charge >= 0.3 is 5.97 Å². The van der Waals surface area contributed by atoms with E-state index < -0.39 is 32.5 Å². The zero-order chi connectivity index (χ0) is 21.0. The molecule has 0 aliphatic carbocycles. The van der Waals surface area contributed by atoms with Crippen LogP contribution in [0.25, 0.3) is 0 Å². The summed E-state index contributed by atoms with van der Waals surface area (Å²) in [6.45, 7) is 0.344. The summed E-state index contributed by atoms with van der Waals surface area (Å²) in [5, 5.41) is 0. The van der Waals surface area contributed by atoms with Gasteiger partial charge in [0.2, 0.25) is 10.0 Å². The van der Waals surface area contributed by atoms with E-state index in [2.05, 4.69) is 0 Å². The van der Waals surface area contributed by atoms with Crippen molar-refractivity contribution in [3.05, 3.63) is 59.2 Å². The van der Waals surface area contributed by atoms with Gasteiger partial charge in [0.05, 0.1) is 12.7 Å². The molecule has 2 aromatic carbocycles. The third-order valence-electron chi connectivity index (χ3n) is 4.70. The van der Waals surface area contributed by atoms with E-state index in [4.69, 9.17) is 9.47 Å². The number of nitrogens with zero attached hydrogens (tertiary/aromatic N) is 1. The van der Waals surface area contributed by atoms with E-state index in [1.54, 1.807) is 0 Å². The lowest BCUT2D eigenvalue weighted by Crippen LogP contribution is -2.36. The normalized spacial score (nSPS) is 15.1. The van der Waals surface area contributed by atoms with Gasteiger partial charge in [0.25, 0.3) is 0 Å². The molecule has 1 aliphatic rings. The van der Waals surface area contributed by atoms with Gasteiger partial charge in [0, 0.05) is 18.7 Å². The van der Waals surface area contributed by atoms with Crippen LogP contribution in [-0.2, 0) is 21.4 Å². The van der Waals surface area contributed by atoms with Gasteiger partial charge in [-0.05, 0) is 49.2 Å². The Balaban J connectivity index is 1.80. The predicted octanol–water partition coefficient (Wildman–Crippen LogP) is 3.51. The minimum Gasteiger partial charge on any atom is -0.496 e. The first-order valence-electron chi connectivity index (χ1n) is 9.12. The highest BCUT2D eigenvalue weighted by molar-refractivity contribution is 7.89. The maximum absolute atomic E-state index is 14.3. The van der Waals surface area contributed by atoms with E-state index in [9.17, 15) is 22.0 Å². The molecule has 6 nitrogen and oxygen atoms in total. The molecule has 3 rings (SSSR count). The minimum atomic E-state index is -4.05. The summed E-state index contributed by atoms with van der Waals surface area (Å²) in [6.07, 6.45) is 2.33. The number of rotatable bonds is 6. The van der Waals surface area contributed by atoms with Crippen molar-refractivity contribution in [2.75, 3.05) is 20.2 Å². The quantitative estimate of drug-likeness (QED) is 0.663. The zero-order valence-electron chi connectivity index (χ0n) is 15.9. The smallest absolute Gasteiger partial charge is 0.338 e. The van der Waals surface area contributed by atoms with Crippen molar-refractivity contribution < 1.29 is 31.5 Å². The van der Waals surface area contributed by atoms with Crippen LogP contribution in [0.15, 0.2) is 41.3 Å². The molecular formula is C20H21F2NO5S. The van der Waals surface area contributed by atoms with Crippen molar-refractivity contribution in [1.29, 1.82) is 0 Å². The number of hydrogen-bond donors (Lipinski definition) is 0. The third-order valence-corrected chi connectivity index (χ3v) is 6.61. The number of hydrogen-bond acceptors (Lipinski definition) is 5. The van der Waals surface area contributed by atoms with Crippen molar-refractivity contribution in [2.24, 2.45) is 0 Å². The number of benzene rings is 2. The average molecular weight is 425 g/mol. The molecule has 0 aromatic heterocycles. The van der Waals surface area contributed by atoms with Crippen molar-refractivity contribution in [3.8, 4) is 5.75 Å². The van der Waals surface area contributed by atoms with Gasteiger partial charge in [-0.1, -0.05) is 6.42 Å². The Morgan fingerprint density at radius 3 is 2.48 bits per heavy atom. The van der Waals surface area contributed by atoms with Crippen LogP contribution in [0.1, 0.15) is 35.2 Å². The second kappa shape index (κ2) is 8.87. The lowest BCUT2D eigenvalue weighted by Gasteiger charge is -2.26. The lowest BCUT2D eigenvalue weighted by molar-refractivity contribution is 0.0469. The first-order valence-corrected chi connectivity index (χ1v) is 10.6. The molecule has 1 fully saturated rings. The molecule has 9 heteroatoms. The Kier molecular flexibility index (Phi) is 6.49. The SMILES string of the molecule is COc1ccc(F)cc1COC(=O)c1ccc(F)c(S(=O)(=O)N2CCCCC2)c1. The first-order chi connectivity index (χ1) is 13.8. The van der Waals surface area contributed by atoms with Crippen molar-refractivity contribution in [1.82, 2.24) is 4.31 Å². The summed E-state index contributed by atoms with van der Waals surface area (Å²) in [5.41, 5.74) is 0.196. The fourth-order valence-corrected chi connectivity index (χ4v) is 4.77. The number of esters is 1. The van der Waals surface area contributed by atoms with Gasteiger partial charge in [-0.25, -0.2) is 22.0 Å². The van der Waals surface area contributed by atoms with Gasteiger partial charge in [-0.2, -0.15) is 4.31 Å². The van der Waals surface area contributed by atoms with Gasteiger partial charge < -0.3 is 9.47 Å². The highest BCUT2D eigenvalue weighted by Gasteiger charge is 2.29. The summed E-state index contributed by atoms with van der Waals surface area (Å²) in [4.78, 5) is 11.8. The molecule has 0 amide bonds. The second-order valence-electron chi connectivity index (χ2n) is 6.64. The van der Waals surface area contributed by atoms with Gasteiger partial charge in [0.15, 0.2) is 0 Å². The molecule has 0 atom stereocenters. The molecule has 1 aliphatic heterocycles. The monoisotopic (exact) mass is 425 g/mol. The van der Waals surface area contributed by atoms with Crippen LogP contribution >= 0.6 is 0 Å². The molecule has 156 valence electrons. The van der Waals surface area contributed by atoms with E-state index in [0.717, 1.165) is 24.6 Å². The molecule has 0 bridgehead atoms. The molecule has 29 heavy (non-hydrogen) atoms. The van der Waals surface area contributed by atoms with Crippen LogP contribution in [0.3, 0.4) is 0 Å². The van der Waals surface area contributed by atoms with Crippen LogP contribution in [-0.4, -0.2) is 38.9 Å². The number of sulfonamides is 1. The maximum Gasteiger partial charge on any atom is 0.338 e. The second-order valence-corrected chi connectivity index (χ2v) is 8.55. The Morgan fingerprint density at radius 1 is 1.07 bits per heavy atom. The molecule has 0 N–H and O–H groups in total. The van der Waals surface area contributed by atoms with Crippen LogP contribution in [0.4, 0.5) is 8.78 Å². The van der Waals surface area contributed by atoms with Gasteiger partial charge in [-0.3, -0.25) is 0 Å². The number of carbonyl (C=O) groups is 1. The topological polar surface area (TPSA) is 72.9 Å². The molecule has 0 spiro atoms. The zero-order valence-corrected chi connectivity index (χ0v) is 16.7. The van der Waals surface area contributed by atoms with Gasteiger partial charge in [-0.15, -0.1) is 0 Å². The minimum absolute atomic E-state index is 0.114. The summed E-state index contributed by atoms with van der Waals surface area (Å²) in [6, 6.07) is 6.83. The Morgan fingerprint density at radius 2 is 1.79 bits per heavy atom. The van der Waals surface area contributed by atoms with Crippen molar-refractivity contribution in [3.63, 3.8) is 0 Å². The van der Waals surface area contributed by atoms with Crippen molar-refractivity contribution >= 4 is 16.0 Å². The van der Waals surface area contributed by atoms with Gasteiger partial charge in [0.1, 0.15) is 28.9 Å². The van der Waals surface area contributed by atoms with E-state index in [-0.39, 0.29) is 12.2 Å². The van der Waals surface area contributed by atoms with Crippen LogP contribution in [0.2, 0.25) is 0 Å². The molecular weight excluding hydrogens is 404 g/mol. The average Bonchev–Trinajstić information content (AvgIpc) is 2.73. The van der Waals surface area contributed by atoms with E-state index in [1.807, 2.05) is 0 Å². The number of ether oxygens (including phenoxy) is 2. The number of carbonyl (C=O) groups excluding carboxylic acids is 1. The summed E-state index contributed by atoms with van der Waals surface area (Å²) in [7, 11) is -2.65. The van der Waals surface area contributed by atoms with Crippen LogP contribution < -0.4 is 4.74 Å². The fraction of sp³-hybridized carbons (Fsp3) is 0.350. The number of piperidine rings is 1. The number of halogens is 2. The van der Waals surface area contributed by atoms with E-state index in [1.165, 1.54) is 29.6 Å². The largest absolute Gasteiger partial charge is 0.496 e. The lowest BCUT2D eigenvalue weighted by atomic mass is 10.2. The summed E-state index contributed by atoms with van der Waals surface area (Å²) >= 11 is 0. The molecule has 0 saturated carbocycles. The first kappa shape index (κ1) is 21.2. The third kappa shape index (κ3) is 4.73. The van der Waals surface area contributed by atoms with Crippen LogP contribution in [0.5, 0.6) is 5.75 Å². The highest BCUT2D eigenvalue weighted by Crippen LogP contribution is 2.25. The molecule has 2 aromatic rings. The van der Waals surface area contributed by atoms with Crippen LogP contribution in [0, 0.1) is 11.6 Å². The number of methoxy groups -OCH3 is 1. The van der Waals surface area contributed by atoms with E-state index in [0.29, 0.717) is 37.2 Å². The Bertz CT molecular complexity index is 1000. The standard InChI is InChI=1S/C20H21F2NO5S/c1-27-18-8-6-16(21)11-15(18)13-28-20(24)14-5-7-17(22)19(12-14)29(25,26)23-9-3-2-4-10-23/h5-8,11-12H,2-4,9-10,13H2,1H3. The predicted molar refractivity (Wildman–Crippen MR) is 101 cm³/mol. The molecule has 0 radical (unpaired) electrons. The highest BCUT2D eigenvalue weighted by atomic mass is 32.2. The molecule has 0 unspecified atom stereocenters. The summed E-state index contributed by atoms with van der Waals surface area (Å²) in [5.74, 6) is -1.97. The summed E-state index contributed by atoms with van der Waals surface area (Å²) < 4.78 is 64.7. The molecule has 1 heterocycles. The molecule has 1 saturated heterocycles. The Labute approximate surface area is 168 Å². The Hall–Kier alpha value is -2.52. The fourth-order valence-electron chi connectivity index (χ4n) is 3.16. The van der Waals surface area contributed by atoms with E-state index >= 15 is 0 Å².